The van der Waals surface area contributed by atoms with Gasteiger partial charge >= 0.3 is 0 Å². The van der Waals surface area contributed by atoms with Gasteiger partial charge < -0.3 is 15.5 Å². The number of hydrogen-bond donors (Lipinski definition) is 2. The van der Waals surface area contributed by atoms with E-state index in [1.807, 2.05) is 6.07 Å². The molecule has 1 heterocycles. The first-order valence-electron chi connectivity index (χ1n) is 7.69. The predicted octanol–water partition coefficient (Wildman–Crippen LogP) is 3.72. The van der Waals surface area contributed by atoms with Crippen molar-refractivity contribution in [1.29, 1.82) is 0 Å². The average Bonchev–Trinajstić information content (AvgIpc) is 3.11. The molecule has 0 atom stereocenters. The van der Waals surface area contributed by atoms with Crippen LogP contribution in [0.2, 0.25) is 0 Å². The second-order valence-corrected chi connectivity index (χ2v) is 6.15. The number of nitrogens with two attached hydrogens (primary N) is 1. The van der Waals surface area contributed by atoms with E-state index in [0.29, 0.717) is 17.0 Å². The normalized spacial score (nSPS) is 17.2. The summed E-state index contributed by atoms with van der Waals surface area (Å²) in [5.74, 6) is 0.226. The Labute approximate surface area is 124 Å². The minimum Gasteiger partial charge on any atom is -0.451 e. The molecule has 21 heavy (non-hydrogen) atoms. The topological polar surface area (TPSA) is 68.3 Å². The van der Waals surface area contributed by atoms with E-state index in [4.69, 9.17) is 10.2 Å². The van der Waals surface area contributed by atoms with Crippen LogP contribution in [-0.2, 0) is 0 Å². The van der Waals surface area contributed by atoms with Crippen molar-refractivity contribution < 1.29 is 9.21 Å². The van der Waals surface area contributed by atoms with Gasteiger partial charge in [-0.2, -0.15) is 0 Å². The molecule has 1 amide bonds. The fourth-order valence-corrected chi connectivity index (χ4v) is 3.31. The van der Waals surface area contributed by atoms with Gasteiger partial charge in [0, 0.05) is 17.6 Å². The number of nitrogens with one attached hydrogen (secondary N) is 1. The van der Waals surface area contributed by atoms with E-state index in [2.05, 4.69) is 12.2 Å². The van der Waals surface area contributed by atoms with Crippen LogP contribution in [-0.4, -0.2) is 12.5 Å². The highest BCUT2D eigenvalue weighted by molar-refractivity contribution is 5.96. The van der Waals surface area contributed by atoms with Crippen LogP contribution in [0.5, 0.6) is 0 Å². The number of benzene rings is 1. The molecule has 4 heteroatoms. The number of carbonyl (C=O) groups excluding carboxylic acids is 1. The predicted molar refractivity (Wildman–Crippen MR) is 84.2 cm³/mol. The number of amides is 1. The van der Waals surface area contributed by atoms with E-state index in [1.54, 1.807) is 18.2 Å². The van der Waals surface area contributed by atoms with Gasteiger partial charge in [0.1, 0.15) is 5.58 Å². The van der Waals surface area contributed by atoms with Gasteiger partial charge in [-0.3, -0.25) is 4.79 Å². The average molecular weight is 286 g/mol. The maximum atomic E-state index is 12.3. The van der Waals surface area contributed by atoms with Crippen molar-refractivity contribution in [2.45, 2.75) is 39.0 Å². The van der Waals surface area contributed by atoms with E-state index < -0.39 is 0 Å². The Morgan fingerprint density at radius 2 is 2.10 bits per heavy atom. The lowest BCUT2D eigenvalue weighted by atomic mass is 9.83. The molecule has 1 fully saturated rings. The first-order chi connectivity index (χ1) is 10.1. The van der Waals surface area contributed by atoms with Gasteiger partial charge in [-0.1, -0.05) is 19.8 Å². The van der Waals surface area contributed by atoms with E-state index in [-0.39, 0.29) is 11.3 Å². The number of rotatable bonds is 4. The molecular formula is C17H22N2O2. The smallest absolute Gasteiger partial charge is 0.287 e. The monoisotopic (exact) mass is 286 g/mol. The zero-order valence-electron chi connectivity index (χ0n) is 12.4. The first-order valence-corrected chi connectivity index (χ1v) is 7.69. The van der Waals surface area contributed by atoms with Crippen molar-refractivity contribution in [3.63, 3.8) is 0 Å². The molecule has 1 aliphatic carbocycles. The van der Waals surface area contributed by atoms with Gasteiger partial charge in [0.2, 0.25) is 0 Å². The second kappa shape index (κ2) is 5.43. The number of hydrogen-bond acceptors (Lipinski definition) is 3. The van der Waals surface area contributed by atoms with Crippen LogP contribution in [0.1, 0.15) is 49.6 Å². The quantitative estimate of drug-likeness (QED) is 0.842. The Balaban J connectivity index is 1.72. The van der Waals surface area contributed by atoms with E-state index in [0.717, 1.165) is 18.4 Å². The maximum absolute atomic E-state index is 12.3. The molecule has 1 saturated carbocycles. The Hall–Kier alpha value is -1.97. The molecule has 4 nitrogen and oxygen atoms in total. The van der Waals surface area contributed by atoms with Crippen molar-refractivity contribution in [3.8, 4) is 0 Å². The largest absolute Gasteiger partial charge is 0.451 e. The standard InChI is InChI=1S/C17H22N2O2/c1-2-17(7-3-4-8-17)11-19-16(20)15-10-12-9-13(18)5-6-14(12)21-15/h5-6,9-10H,2-4,7-8,11,18H2,1H3,(H,19,20). The van der Waals surface area contributed by atoms with Crippen LogP contribution in [0.3, 0.4) is 0 Å². The SMILES string of the molecule is CCC1(CNC(=O)c2cc3cc(N)ccc3o2)CCCC1. The van der Waals surface area contributed by atoms with Gasteiger partial charge in [0.15, 0.2) is 5.76 Å². The highest BCUT2D eigenvalue weighted by atomic mass is 16.3. The summed E-state index contributed by atoms with van der Waals surface area (Å²) in [7, 11) is 0. The molecule has 3 N–H and O–H groups in total. The van der Waals surface area contributed by atoms with Crippen LogP contribution in [0.25, 0.3) is 11.0 Å². The molecule has 0 saturated heterocycles. The lowest BCUT2D eigenvalue weighted by Gasteiger charge is -2.27. The Morgan fingerprint density at radius 1 is 1.33 bits per heavy atom. The van der Waals surface area contributed by atoms with Gasteiger partial charge in [0.25, 0.3) is 5.91 Å². The molecule has 1 aromatic carbocycles. The molecule has 112 valence electrons. The van der Waals surface area contributed by atoms with E-state index in [9.17, 15) is 4.79 Å². The van der Waals surface area contributed by atoms with Gasteiger partial charge in [-0.15, -0.1) is 0 Å². The van der Waals surface area contributed by atoms with E-state index in [1.165, 1.54) is 25.7 Å². The Kier molecular flexibility index (Phi) is 3.62. The van der Waals surface area contributed by atoms with Crippen LogP contribution < -0.4 is 11.1 Å². The molecule has 0 unspecified atom stereocenters. The highest BCUT2D eigenvalue weighted by Crippen LogP contribution is 2.40. The van der Waals surface area contributed by atoms with Crippen LogP contribution >= 0.6 is 0 Å². The minimum atomic E-state index is -0.135. The number of furan rings is 1. The summed E-state index contributed by atoms with van der Waals surface area (Å²) in [6, 6.07) is 7.15. The lowest BCUT2D eigenvalue weighted by Crippen LogP contribution is -2.35. The summed E-state index contributed by atoms with van der Waals surface area (Å²) in [6.45, 7) is 2.95. The van der Waals surface area contributed by atoms with Gasteiger partial charge in [-0.25, -0.2) is 0 Å². The molecule has 0 bridgehead atoms. The summed E-state index contributed by atoms with van der Waals surface area (Å²) in [5, 5.41) is 3.91. The van der Waals surface area contributed by atoms with Gasteiger partial charge in [-0.05, 0) is 48.9 Å². The second-order valence-electron chi connectivity index (χ2n) is 6.15. The van der Waals surface area contributed by atoms with E-state index >= 15 is 0 Å². The molecule has 1 aliphatic rings. The fourth-order valence-electron chi connectivity index (χ4n) is 3.31. The third-order valence-corrected chi connectivity index (χ3v) is 4.80. The highest BCUT2D eigenvalue weighted by Gasteiger charge is 2.32. The molecule has 0 spiro atoms. The summed E-state index contributed by atoms with van der Waals surface area (Å²) >= 11 is 0. The van der Waals surface area contributed by atoms with Crippen LogP contribution in [0.15, 0.2) is 28.7 Å². The summed E-state index contributed by atoms with van der Waals surface area (Å²) in [4.78, 5) is 12.3. The lowest BCUT2D eigenvalue weighted by molar-refractivity contribution is 0.0903. The molecule has 0 aliphatic heterocycles. The minimum absolute atomic E-state index is 0.135. The molecule has 1 aromatic heterocycles. The molecular weight excluding hydrogens is 264 g/mol. The zero-order valence-corrected chi connectivity index (χ0v) is 12.4. The third kappa shape index (κ3) is 2.75. The Morgan fingerprint density at radius 3 is 2.81 bits per heavy atom. The van der Waals surface area contributed by atoms with Crippen molar-refractivity contribution in [3.05, 3.63) is 30.0 Å². The number of fused-ring (bicyclic) bond motifs is 1. The number of anilines is 1. The molecule has 2 aromatic rings. The fraction of sp³-hybridized carbons (Fsp3) is 0.471. The molecule has 3 rings (SSSR count). The van der Waals surface area contributed by atoms with Crippen molar-refractivity contribution >= 4 is 22.6 Å². The summed E-state index contributed by atoms with van der Waals surface area (Å²) < 4.78 is 5.60. The van der Waals surface area contributed by atoms with Crippen molar-refractivity contribution in [2.75, 3.05) is 12.3 Å². The molecule has 0 radical (unpaired) electrons. The Bertz CT molecular complexity index is 654. The van der Waals surface area contributed by atoms with Crippen molar-refractivity contribution in [1.82, 2.24) is 5.32 Å². The summed E-state index contributed by atoms with van der Waals surface area (Å²) in [5.41, 5.74) is 7.39. The van der Waals surface area contributed by atoms with Crippen LogP contribution in [0.4, 0.5) is 5.69 Å². The number of carbonyl (C=O) groups is 1. The zero-order chi connectivity index (χ0) is 14.9. The summed E-state index contributed by atoms with van der Waals surface area (Å²) in [6.07, 6.45) is 6.08. The third-order valence-electron chi connectivity index (χ3n) is 4.80. The van der Waals surface area contributed by atoms with Crippen molar-refractivity contribution in [2.24, 2.45) is 5.41 Å². The first kappa shape index (κ1) is 14.0. The number of nitrogen functional groups attached to an aromatic ring is 1. The maximum Gasteiger partial charge on any atom is 0.287 e. The van der Waals surface area contributed by atoms with Gasteiger partial charge in [0.05, 0.1) is 0 Å². The van der Waals surface area contributed by atoms with Crippen LogP contribution in [0, 0.1) is 5.41 Å².